The van der Waals surface area contributed by atoms with Gasteiger partial charge in [0.05, 0.1) is 0 Å². The van der Waals surface area contributed by atoms with Crippen LogP contribution < -0.4 is 16.4 Å². The van der Waals surface area contributed by atoms with Crippen LogP contribution in [0.4, 0.5) is 0 Å². The van der Waals surface area contributed by atoms with Gasteiger partial charge in [0.25, 0.3) is 0 Å². The molecule has 21 heavy (non-hydrogen) atoms. The van der Waals surface area contributed by atoms with E-state index in [-0.39, 0.29) is 42.2 Å². The fourth-order valence-electron chi connectivity index (χ4n) is 3.69. The van der Waals surface area contributed by atoms with Crippen LogP contribution >= 0.6 is 12.4 Å². The van der Waals surface area contributed by atoms with E-state index in [0.717, 1.165) is 44.9 Å². The van der Waals surface area contributed by atoms with Gasteiger partial charge < -0.3 is 16.4 Å². The first-order valence-corrected chi connectivity index (χ1v) is 7.89. The maximum absolute atomic E-state index is 12.5. The highest BCUT2D eigenvalue weighted by Crippen LogP contribution is 2.29. The number of nitrogens with two attached hydrogens (primary N) is 1. The number of hydrogen-bond acceptors (Lipinski definition) is 3. The molecule has 5 nitrogen and oxygen atoms in total. The molecule has 0 aromatic rings. The highest BCUT2D eigenvalue weighted by atomic mass is 35.5. The summed E-state index contributed by atoms with van der Waals surface area (Å²) in [6.07, 6.45) is 7.60. The summed E-state index contributed by atoms with van der Waals surface area (Å²) < 4.78 is 0. The van der Waals surface area contributed by atoms with Gasteiger partial charge in [-0.1, -0.05) is 19.3 Å². The molecule has 2 fully saturated rings. The van der Waals surface area contributed by atoms with Crippen molar-refractivity contribution in [2.45, 2.75) is 64.0 Å². The number of halogens is 1. The van der Waals surface area contributed by atoms with Gasteiger partial charge in [-0.3, -0.25) is 9.59 Å². The Labute approximate surface area is 133 Å². The molecule has 0 aliphatic heterocycles. The van der Waals surface area contributed by atoms with Crippen LogP contribution in [0.3, 0.4) is 0 Å². The molecule has 0 aromatic heterocycles. The van der Waals surface area contributed by atoms with Gasteiger partial charge in [0.15, 0.2) is 0 Å². The molecule has 0 radical (unpaired) electrons. The number of hydrogen-bond donors (Lipinski definition) is 3. The third kappa shape index (κ3) is 4.85. The summed E-state index contributed by atoms with van der Waals surface area (Å²) in [5, 5.41) is 5.97. The van der Waals surface area contributed by atoms with E-state index in [4.69, 9.17) is 5.73 Å². The lowest BCUT2D eigenvalue weighted by Gasteiger charge is -2.27. The molecule has 3 atom stereocenters. The number of carbonyl (C=O) groups is 2. The Kier molecular flexibility index (Phi) is 7.46. The van der Waals surface area contributed by atoms with Crippen molar-refractivity contribution in [1.29, 1.82) is 0 Å². The van der Waals surface area contributed by atoms with Crippen LogP contribution in [0.15, 0.2) is 0 Å². The van der Waals surface area contributed by atoms with Crippen molar-refractivity contribution in [2.24, 2.45) is 17.6 Å². The van der Waals surface area contributed by atoms with Crippen LogP contribution in [0.5, 0.6) is 0 Å². The highest BCUT2D eigenvalue weighted by molar-refractivity contribution is 5.87. The lowest BCUT2D eigenvalue weighted by atomic mass is 9.96. The topological polar surface area (TPSA) is 84.2 Å². The molecule has 6 heteroatoms. The molecule has 2 rings (SSSR count). The molecule has 0 aromatic carbocycles. The van der Waals surface area contributed by atoms with Gasteiger partial charge in [-0.2, -0.15) is 0 Å². The maximum Gasteiger partial charge on any atom is 0.243 e. The van der Waals surface area contributed by atoms with Crippen LogP contribution in [-0.4, -0.2) is 30.4 Å². The zero-order valence-electron chi connectivity index (χ0n) is 12.8. The lowest BCUT2D eigenvalue weighted by molar-refractivity contribution is -0.130. The fourth-order valence-corrected chi connectivity index (χ4v) is 3.69. The summed E-state index contributed by atoms with van der Waals surface area (Å²) in [5.41, 5.74) is 5.76. The van der Waals surface area contributed by atoms with Gasteiger partial charge >= 0.3 is 0 Å². The van der Waals surface area contributed by atoms with Gasteiger partial charge in [-0.15, -0.1) is 12.4 Å². The summed E-state index contributed by atoms with van der Waals surface area (Å²) in [6.45, 7) is 2.10. The summed E-state index contributed by atoms with van der Waals surface area (Å²) in [4.78, 5) is 23.9. The molecule has 2 saturated carbocycles. The van der Waals surface area contributed by atoms with E-state index in [1.165, 1.54) is 6.92 Å². The van der Waals surface area contributed by atoms with Crippen LogP contribution in [-0.2, 0) is 9.59 Å². The van der Waals surface area contributed by atoms with E-state index >= 15 is 0 Å². The second-order valence-electron chi connectivity index (χ2n) is 6.26. The SMILES string of the molecule is CC(=O)NC(C(=O)NC1CCCC1CN)C1CCCC1.Cl. The van der Waals surface area contributed by atoms with Crippen molar-refractivity contribution in [3.8, 4) is 0 Å². The maximum atomic E-state index is 12.5. The standard InChI is InChI=1S/C15H27N3O2.ClH/c1-10(19)17-14(11-5-2-3-6-11)15(20)18-13-8-4-7-12(13)9-16;/h11-14H,2-9,16H2,1H3,(H,17,19)(H,18,20);1H. The number of nitrogens with one attached hydrogen (secondary N) is 2. The Morgan fingerprint density at radius 3 is 2.38 bits per heavy atom. The molecule has 122 valence electrons. The van der Waals surface area contributed by atoms with Crippen LogP contribution in [0, 0.1) is 11.8 Å². The minimum absolute atomic E-state index is 0. The van der Waals surface area contributed by atoms with Crippen molar-refractivity contribution in [3.63, 3.8) is 0 Å². The Morgan fingerprint density at radius 1 is 1.14 bits per heavy atom. The molecule has 0 heterocycles. The molecule has 0 spiro atoms. The smallest absolute Gasteiger partial charge is 0.243 e. The molecule has 0 saturated heterocycles. The van der Waals surface area contributed by atoms with E-state index in [1.807, 2.05) is 0 Å². The zero-order chi connectivity index (χ0) is 14.5. The molecular weight excluding hydrogens is 290 g/mol. The third-order valence-electron chi connectivity index (χ3n) is 4.80. The van der Waals surface area contributed by atoms with E-state index in [1.54, 1.807) is 0 Å². The second kappa shape index (κ2) is 8.59. The van der Waals surface area contributed by atoms with Crippen molar-refractivity contribution in [2.75, 3.05) is 6.54 Å². The molecule has 0 bridgehead atoms. The predicted molar refractivity (Wildman–Crippen MR) is 85.1 cm³/mol. The number of rotatable bonds is 5. The van der Waals surface area contributed by atoms with E-state index in [0.29, 0.717) is 12.5 Å². The fraction of sp³-hybridized carbons (Fsp3) is 0.867. The molecule has 2 aliphatic carbocycles. The molecule has 4 N–H and O–H groups in total. The minimum Gasteiger partial charge on any atom is -0.351 e. The van der Waals surface area contributed by atoms with Gasteiger partial charge in [0.1, 0.15) is 6.04 Å². The highest BCUT2D eigenvalue weighted by Gasteiger charge is 2.34. The van der Waals surface area contributed by atoms with Crippen LogP contribution in [0.2, 0.25) is 0 Å². The van der Waals surface area contributed by atoms with Crippen molar-refractivity contribution in [3.05, 3.63) is 0 Å². The largest absolute Gasteiger partial charge is 0.351 e. The Bertz CT molecular complexity index is 359. The van der Waals surface area contributed by atoms with Gasteiger partial charge in [-0.05, 0) is 44.1 Å². The Hall–Kier alpha value is -0.810. The van der Waals surface area contributed by atoms with Gasteiger partial charge in [0.2, 0.25) is 11.8 Å². The first-order chi connectivity index (χ1) is 9.61. The van der Waals surface area contributed by atoms with E-state index in [9.17, 15) is 9.59 Å². The van der Waals surface area contributed by atoms with E-state index < -0.39 is 0 Å². The van der Waals surface area contributed by atoms with Crippen molar-refractivity contribution < 1.29 is 9.59 Å². The summed E-state index contributed by atoms with van der Waals surface area (Å²) >= 11 is 0. The summed E-state index contributed by atoms with van der Waals surface area (Å²) in [6, 6.07) is -0.181. The van der Waals surface area contributed by atoms with Gasteiger partial charge in [0, 0.05) is 13.0 Å². The van der Waals surface area contributed by atoms with E-state index in [2.05, 4.69) is 10.6 Å². The van der Waals surface area contributed by atoms with Crippen molar-refractivity contribution in [1.82, 2.24) is 10.6 Å². The first-order valence-electron chi connectivity index (χ1n) is 7.89. The minimum atomic E-state index is -0.367. The zero-order valence-corrected chi connectivity index (χ0v) is 13.6. The van der Waals surface area contributed by atoms with Crippen LogP contribution in [0.25, 0.3) is 0 Å². The molecular formula is C15H28ClN3O2. The average Bonchev–Trinajstić information content (AvgIpc) is 3.06. The Morgan fingerprint density at radius 2 is 1.81 bits per heavy atom. The molecule has 2 aliphatic rings. The average molecular weight is 318 g/mol. The first kappa shape index (κ1) is 18.2. The molecule has 3 unspecified atom stereocenters. The second-order valence-corrected chi connectivity index (χ2v) is 6.26. The van der Waals surface area contributed by atoms with Gasteiger partial charge in [-0.25, -0.2) is 0 Å². The van der Waals surface area contributed by atoms with Crippen LogP contribution in [0.1, 0.15) is 51.9 Å². The lowest BCUT2D eigenvalue weighted by Crippen LogP contribution is -2.53. The third-order valence-corrected chi connectivity index (χ3v) is 4.80. The normalized spacial score (nSPS) is 27.0. The number of carbonyl (C=O) groups excluding carboxylic acids is 2. The summed E-state index contributed by atoms with van der Waals surface area (Å²) in [7, 11) is 0. The summed E-state index contributed by atoms with van der Waals surface area (Å²) in [5.74, 6) is 0.536. The monoisotopic (exact) mass is 317 g/mol. The van der Waals surface area contributed by atoms with Crippen molar-refractivity contribution >= 4 is 24.2 Å². The number of amides is 2. The quantitative estimate of drug-likeness (QED) is 0.715. The predicted octanol–water partition coefficient (Wildman–Crippen LogP) is 1.35. The Balaban J connectivity index is 0.00000220. The molecule has 2 amide bonds.